The molecule has 0 radical (unpaired) electrons. The summed E-state index contributed by atoms with van der Waals surface area (Å²) in [6.07, 6.45) is -3.19. The zero-order valence-corrected chi connectivity index (χ0v) is 10.2. The lowest BCUT2D eigenvalue weighted by Gasteiger charge is -2.15. The van der Waals surface area contributed by atoms with Gasteiger partial charge in [-0.2, -0.15) is 5.26 Å². The van der Waals surface area contributed by atoms with Crippen LogP contribution in [0.5, 0.6) is 0 Å². The van der Waals surface area contributed by atoms with Crippen molar-refractivity contribution >= 4 is 23.3 Å². The Morgan fingerprint density at radius 1 is 1.56 bits per heavy atom. The van der Waals surface area contributed by atoms with E-state index in [2.05, 4.69) is 4.74 Å². The van der Waals surface area contributed by atoms with E-state index in [9.17, 15) is 15.0 Å². The molecule has 18 heavy (non-hydrogen) atoms. The lowest BCUT2D eigenvalue weighted by atomic mass is 10.0. The molecule has 96 valence electrons. The number of rotatable bonds is 3. The number of hydrogen-bond donors (Lipinski definition) is 3. The molecular weight excluding hydrogens is 260 g/mol. The van der Waals surface area contributed by atoms with E-state index in [1.54, 1.807) is 0 Å². The molecule has 0 aliphatic carbocycles. The van der Waals surface area contributed by atoms with E-state index in [4.69, 9.17) is 22.6 Å². The summed E-state index contributed by atoms with van der Waals surface area (Å²) in [6, 6.07) is 3.90. The van der Waals surface area contributed by atoms with Crippen molar-refractivity contribution in [2.75, 3.05) is 12.8 Å². The van der Waals surface area contributed by atoms with Crippen LogP contribution < -0.4 is 5.73 Å². The van der Waals surface area contributed by atoms with Gasteiger partial charge in [-0.3, -0.25) is 0 Å². The van der Waals surface area contributed by atoms with E-state index in [1.807, 2.05) is 0 Å². The van der Waals surface area contributed by atoms with Gasteiger partial charge in [0.2, 0.25) is 0 Å². The number of methoxy groups -OCH3 is 1. The van der Waals surface area contributed by atoms with Crippen LogP contribution in [-0.4, -0.2) is 29.4 Å². The third kappa shape index (κ3) is 2.71. The fraction of sp³-hybridized carbons (Fsp3) is 0.273. The number of hydrogen-bond acceptors (Lipinski definition) is 6. The van der Waals surface area contributed by atoms with Crippen LogP contribution in [0.25, 0.3) is 0 Å². The number of aliphatic hydroxyl groups excluding tert-OH is 2. The van der Waals surface area contributed by atoms with Crippen molar-refractivity contribution in [2.24, 2.45) is 0 Å². The zero-order chi connectivity index (χ0) is 13.9. The van der Waals surface area contributed by atoms with Gasteiger partial charge in [-0.1, -0.05) is 11.6 Å². The number of halogens is 1. The minimum Gasteiger partial charge on any atom is -0.465 e. The van der Waals surface area contributed by atoms with Crippen LogP contribution >= 0.6 is 11.6 Å². The zero-order valence-electron chi connectivity index (χ0n) is 9.42. The second-order valence-corrected chi connectivity index (χ2v) is 3.88. The Kier molecular flexibility index (Phi) is 4.50. The Balaban J connectivity index is 3.30. The number of nitrogen functional groups attached to an aromatic ring is 1. The van der Waals surface area contributed by atoms with Crippen molar-refractivity contribution in [3.8, 4) is 6.07 Å². The number of nitriles is 1. The molecule has 0 bridgehead atoms. The standard InChI is InChI=1S/C11H11ClN2O4/c1-18-11(17)6-2-5(7(12)3-8(6)14)10(16)9(15)4-13/h2-3,9-10,15-16H,14H2,1H3. The number of carbonyl (C=O) groups excluding carboxylic acids is 1. The Morgan fingerprint density at radius 2 is 2.17 bits per heavy atom. The van der Waals surface area contributed by atoms with E-state index < -0.39 is 18.2 Å². The molecule has 0 aliphatic rings. The van der Waals surface area contributed by atoms with Gasteiger partial charge in [-0.05, 0) is 12.1 Å². The number of esters is 1. The second kappa shape index (κ2) is 5.69. The van der Waals surface area contributed by atoms with Crippen LogP contribution in [0.15, 0.2) is 12.1 Å². The quantitative estimate of drug-likeness (QED) is 0.421. The molecule has 6 nitrogen and oxygen atoms in total. The molecule has 1 rings (SSSR count). The summed E-state index contributed by atoms with van der Waals surface area (Å²) in [7, 11) is 1.18. The fourth-order valence-corrected chi connectivity index (χ4v) is 1.64. The lowest BCUT2D eigenvalue weighted by molar-refractivity contribution is 0.0523. The van der Waals surface area contributed by atoms with Gasteiger partial charge < -0.3 is 20.7 Å². The molecule has 0 heterocycles. The van der Waals surface area contributed by atoms with Crippen molar-refractivity contribution in [3.05, 3.63) is 28.3 Å². The van der Waals surface area contributed by atoms with Crippen LogP contribution in [0.1, 0.15) is 22.0 Å². The summed E-state index contributed by atoms with van der Waals surface area (Å²) in [4.78, 5) is 11.4. The minimum atomic E-state index is -1.66. The van der Waals surface area contributed by atoms with E-state index in [0.717, 1.165) is 0 Å². The van der Waals surface area contributed by atoms with Gasteiger partial charge in [0.1, 0.15) is 6.10 Å². The molecule has 7 heteroatoms. The molecule has 0 aromatic heterocycles. The second-order valence-electron chi connectivity index (χ2n) is 3.47. The number of anilines is 1. The largest absolute Gasteiger partial charge is 0.465 e. The predicted molar refractivity (Wildman–Crippen MR) is 63.8 cm³/mol. The number of aliphatic hydroxyl groups is 2. The van der Waals surface area contributed by atoms with Gasteiger partial charge in [0, 0.05) is 16.3 Å². The molecule has 2 atom stereocenters. The first kappa shape index (κ1) is 14.3. The maximum atomic E-state index is 11.4. The Labute approximate surface area is 108 Å². The Morgan fingerprint density at radius 3 is 2.67 bits per heavy atom. The summed E-state index contributed by atoms with van der Waals surface area (Å²) in [6.45, 7) is 0. The molecule has 0 amide bonds. The summed E-state index contributed by atoms with van der Waals surface area (Å²) in [5.41, 5.74) is 5.69. The first-order valence-electron chi connectivity index (χ1n) is 4.85. The highest BCUT2D eigenvalue weighted by Gasteiger charge is 2.23. The van der Waals surface area contributed by atoms with E-state index in [1.165, 1.54) is 25.3 Å². The molecule has 0 fully saturated rings. The molecule has 1 aromatic rings. The summed E-state index contributed by atoms with van der Waals surface area (Å²) in [5, 5.41) is 27.5. The maximum Gasteiger partial charge on any atom is 0.339 e. The number of nitrogens with zero attached hydrogens (tertiary/aromatic N) is 1. The summed E-state index contributed by atoms with van der Waals surface area (Å²) in [5.74, 6) is -0.705. The number of ether oxygens (including phenoxy) is 1. The van der Waals surface area contributed by atoms with Crippen LogP contribution in [0.2, 0.25) is 5.02 Å². The fourth-order valence-electron chi connectivity index (χ4n) is 1.36. The maximum absolute atomic E-state index is 11.4. The third-order valence-corrected chi connectivity index (χ3v) is 2.65. The lowest BCUT2D eigenvalue weighted by Crippen LogP contribution is -2.17. The molecule has 4 N–H and O–H groups in total. The first-order chi connectivity index (χ1) is 8.42. The van der Waals surface area contributed by atoms with Gasteiger partial charge >= 0.3 is 5.97 Å². The van der Waals surface area contributed by atoms with E-state index >= 15 is 0 Å². The van der Waals surface area contributed by atoms with Crippen molar-refractivity contribution < 1.29 is 19.7 Å². The molecule has 1 aromatic carbocycles. The first-order valence-corrected chi connectivity index (χ1v) is 5.23. The minimum absolute atomic E-state index is 0.00101. The molecule has 0 saturated carbocycles. The monoisotopic (exact) mass is 270 g/mol. The van der Waals surface area contributed by atoms with Crippen molar-refractivity contribution in [1.29, 1.82) is 5.26 Å². The highest BCUT2D eigenvalue weighted by molar-refractivity contribution is 6.32. The highest BCUT2D eigenvalue weighted by Crippen LogP contribution is 2.30. The average molecular weight is 271 g/mol. The third-order valence-electron chi connectivity index (χ3n) is 2.32. The van der Waals surface area contributed by atoms with Crippen LogP contribution in [0.3, 0.4) is 0 Å². The number of benzene rings is 1. The van der Waals surface area contributed by atoms with Gasteiger partial charge in [0.05, 0.1) is 18.7 Å². The number of carbonyl (C=O) groups is 1. The number of nitrogens with two attached hydrogens (primary N) is 1. The van der Waals surface area contributed by atoms with Crippen LogP contribution in [-0.2, 0) is 4.74 Å². The SMILES string of the molecule is COC(=O)c1cc(C(O)C(O)C#N)c(Cl)cc1N. The predicted octanol–water partition coefficient (Wildman–Crippen LogP) is 0.627. The molecule has 0 aliphatic heterocycles. The molecule has 0 spiro atoms. The van der Waals surface area contributed by atoms with Crippen molar-refractivity contribution in [1.82, 2.24) is 0 Å². The van der Waals surface area contributed by atoms with Gasteiger partial charge in [-0.15, -0.1) is 0 Å². The molecular formula is C11H11ClN2O4. The molecule has 0 saturated heterocycles. The van der Waals surface area contributed by atoms with Crippen molar-refractivity contribution in [3.63, 3.8) is 0 Å². The van der Waals surface area contributed by atoms with Crippen molar-refractivity contribution in [2.45, 2.75) is 12.2 Å². The molecule has 2 unspecified atom stereocenters. The normalized spacial score (nSPS) is 13.5. The van der Waals surface area contributed by atoms with Gasteiger partial charge in [0.15, 0.2) is 6.10 Å². The van der Waals surface area contributed by atoms with Gasteiger partial charge in [-0.25, -0.2) is 4.79 Å². The topological polar surface area (TPSA) is 117 Å². The van der Waals surface area contributed by atoms with Gasteiger partial charge in [0.25, 0.3) is 0 Å². The summed E-state index contributed by atoms with van der Waals surface area (Å²) < 4.78 is 4.51. The Bertz CT molecular complexity index is 513. The van der Waals surface area contributed by atoms with E-state index in [0.29, 0.717) is 0 Å². The highest BCUT2D eigenvalue weighted by atomic mass is 35.5. The average Bonchev–Trinajstić information content (AvgIpc) is 2.36. The Hall–Kier alpha value is -1.81. The smallest absolute Gasteiger partial charge is 0.339 e. The van der Waals surface area contributed by atoms with Crippen LogP contribution in [0, 0.1) is 11.3 Å². The van der Waals surface area contributed by atoms with E-state index in [-0.39, 0.29) is 21.8 Å². The summed E-state index contributed by atoms with van der Waals surface area (Å²) >= 11 is 5.83. The van der Waals surface area contributed by atoms with Crippen LogP contribution in [0.4, 0.5) is 5.69 Å².